The van der Waals surface area contributed by atoms with Gasteiger partial charge >= 0.3 is 0 Å². The number of amides is 1. The lowest BCUT2D eigenvalue weighted by molar-refractivity contribution is -0.113. The first kappa shape index (κ1) is 24.6. The monoisotopic (exact) mass is 565 g/mol. The summed E-state index contributed by atoms with van der Waals surface area (Å²) in [6, 6.07) is 33.1. The van der Waals surface area contributed by atoms with Gasteiger partial charge in [0, 0.05) is 26.9 Å². The minimum atomic E-state index is -0.174. The van der Waals surface area contributed by atoms with Gasteiger partial charge in [-0.3, -0.25) is 4.79 Å². The summed E-state index contributed by atoms with van der Waals surface area (Å²) in [5.41, 5.74) is 5.40. The molecule has 0 aliphatic heterocycles. The third-order valence-electron chi connectivity index (χ3n) is 5.64. The third kappa shape index (κ3) is 5.83. The molecule has 0 atom stereocenters. The van der Waals surface area contributed by atoms with Crippen molar-refractivity contribution in [1.29, 1.82) is 5.26 Å². The highest BCUT2D eigenvalue weighted by Gasteiger charge is 2.17. The lowest BCUT2D eigenvalue weighted by atomic mass is 9.98. The Morgan fingerprint density at radius 2 is 1.65 bits per heavy atom. The van der Waals surface area contributed by atoms with E-state index in [1.165, 1.54) is 11.8 Å². The molecule has 1 N–H and O–H groups in total. The predicted octanol–water partition coefficient (Wildman–Crippen LogP) is 8.04. The number of halogens is 1. The number of anilines is 1. The van der Waals surface area contributed by atoms with Crippen LogP contribution in [0.25, 0.3) is 33.7 Å². The molecule has 0 fully saturated rings. The van der Waals surface area contributed by atoms with E-state index in [9.17, 15) is 10.1 Å². The second-order valence-electron chi connectivity index (χ2n) is 8.11. The van der Waals surface area contributed by atoms with E-state index in [0.717, 1.165) is 38.2 Å². The van der Waals surface area contributed by atoms with Crippen LogP contribution in [0.2, 0.25) is 0 Å². The molecule has 7 heteroatoms. The quantitative estimate of drug-likeness (QED) is 0.202. The molecule has 1 amide bonds. The first-order valence-electron chi connectivity index (χ1n) is 11.4. The molecular formula is C30H20BrN3O2S. The normalized spacial score (nSPS) is 10.6. The van der Waals surface area contributed by atoms with Crippen molar-refractivity contribution in [2.45, 2.75) is 5.03 Å². The van der Waals surface area contributed by atoms with Crippen LogP contribution in [0.4, 0.5) is 5.69 Å². The number of benzene rings is 3. The molecule has 0 aliphatic carbocycles. The molecule has 5 aromatic rings. The smallest absolute Gasteiger partial charge is 0.234 e. The van der Waals surface area contributed by atoms with Crippen LogP contribution in [0, 0.1) is 11.3 Å². The number of hydrogen-bond acceptors (Lipinski definition) is 5. The van der Waals surface area contributed by atoms with Gasteiger partial charge in [-0.25, -0.2) is 4.98 Å². The number of pyridine rings is 1. The van der Waals surface area contributed by atoms with Crippen molar-refractivity contribution in [3.63, 3.8) is 0 Å². The zero-order chi connectivity index (χ0) is 25.6. The molecule has 3 aromatic carbocycles. The van der Waals surface area contributed by atoms with Gasteiger partial charge in [-0.15, -0.1) is 0 Å². The average Bonchev–Trinajstić information content (AvgIpc) is 3.48. The second kappa shape index (κ2) is 11.3. The van der Waals surface area contributed by atoms with Gasteiger partial charge in [-0.1, -0.05) is 82.3 Å². The molecule has 5 nitrogen and oxygen atoms in total. The summed E-state index contributed by atoms with van der Waals surface area (Å²) in [7, 11) is 0. The lowest BCUT2D eigenvalue weighted by Crippen LogP contribution is -2.14. The molecule has 2 heterocycles. The number of furan rings is 1. The van der Waals surface area contributed by atoms with Gasteiger partial charge < -0.3 is 9.73 Å². The summed E-state index contributed by atoms with van der Waals surface area (Å²) in [5, 5.41) is 13.5. The molecule has 0 radical (unpaired) electrons. The number of aromatic nitrogens is 1. The van der Waals surface area contributed by atoms with Crippen LogP contribution in [0.1, 0.15) is 5.56 Å². The number of nitrogens with zero attached hydrogens (tertiary/aromatic N) is 2. The van der Waals surface area contributed by atoms with Crippen molar-refractivity contribution in [2.24, 2.45) is 0 Å². The summed E-state index contributed by atoms with van der Waals surface area (Å²) in [4.78, 5) is 17.5. The van der Waals surface area contributed by atoms with Gasteiger partial charge in [0.2, 0.25) is 5.91 Å². The number of hydrogen-bond donors (Lipinski definition) is 1. The maximum atomic E-state index is 12.7. The van der Waals surface area contributed by atoms with Crippen LogP contribution < -0.4 is 5.32 Å². The summed E-state index contributed by atoms with van der Waals surface area (Å²) in [6.07, 6.45) is 1.64. The Labute approximate surface area is 227 Å². The summed E-state index contributed by atoms with van der Waals surface area (Å²) < 4.78 is 6.44. The number of thioether (sulfide) groups is 1. The SMILES string of the molecule is N#Cc1c(-c2ccc(-c3ccco3)cc2)cc(-c2ccccc2)nc1SCC(=O)Nc1ccc(Br)cc1. The largest absolute Gasteiger partial charge is 0.464 e. The van der Waals surface area contributed by atoms with Crippen molar-refractivity contribution >= 4 is 39.3 Å². The minimum Gasteiger partial charge on any atom is -0.464 e. The Morgan fingerprint density at radius 1 is 0.919 bits per heavy atom. The Hall–Kier alpha value is -4.12. The van der Waals surface area contributed by atoms with E-state index in [1.807, 2.05) is 97.1 Å². The van der Waals surface area contributed by atoms with Crippen LogP contribution in [0.3, 0.4) is 0 Å². The van der Waals surface area contributed by atoms with E-state index in [-0.39, 0.29) is 11.7 Å². The van der Waals surface area contributed by atoms with Crippen LogP contribution >= 0.6 is 27.7 Å². The van der Waals surface area contributed by atoms with E-state index in [2.05, 4.69) is 27.3 Å². The van der Waals surface area contributed by atoms with E-state index >= 15 is 0 Å². The molecule has 0 saturated heterocycles. The Balaban J connectivity index is 1.48. The standard InChI is InChI=1S/C30H20BrN3O2S/c31-23-12-14-24(15-13-23)33-29(35)19-37-30-26(18-32)25(17-27(34-30)21-5-2-1-3-6-21)20-8-10-22(11-9-20)28-7-4-16-36-28/h1-17H,19H2,(H,33,35). The molecule has 0 aliphatic rings. The van der Waals surface area contributed by atoms with Gasteiger partial charge in [-0.05, 0) is 48.0 Å². The van der Waals surface area contributed by atoms with Crippen molar-refractivity contribution in [3.05, 3.63) is 113 Å². The van der Waals surface area contributed by atoms with Gasteiger partial charge in [0.1, 0.15) is 16.9 Å². The van der Waals surface area contributed by atoms with Gasteiger partial charge in [0.05, 0.1) is 23.3 Å². The fraction of sp³-hybridized carbons (Fsp3) is 0.0333. The first-order valence-corrected chi connectivity index (χ1v) is 13.2. The topological polar surface area (TPSA) is 78.9 Å². The zero-order valence-corrected chi connectivity index (χ0v) is 21.9. The molecule has 0 unspecified atom stereocenters. The van der Waals surface area contributed by atoms with E-state index in [1.54, 1.807) is 6.26 Å². The number of nitrogens with one attached hydrogen (secondary N) is 1. The fourth-order valence-corrected chi connectivity index (χ4v) is 4.91. The summed E-state index contributed by atoms with van der Waals surface area (Å²) >= 11 is 4.65. The molecule has 2 aromatic heterocycles. The number of nitriles is 1. The molecule has 37 heavy (non-hydrogen) atoms. The van der Waals surface area contributed by atoms with E-state index in [0.29, 0.717) is 16.3 Å². The summed E-state index contributed by atoms with van der Waals surface area (Å²) in [6.45, 7) is 0. The molecule has 0 bridgehead atoms. The maximum absolute atomic E-state index is 12.7. The van der Waals surface area contributed by atoms with Crippen molar-refractivity contribution in [3.8, 4) is 39.8 Å². The third-order valence-corrected chi connectivity index (χ3v) is 7.14. The predicted molar refractivity (Wildman–Crippen MR) is 151 cm³/mol. The Morgan fingerprint density at radius 3 is 2.32 bits per heavy atom. The highest BCUT2D eigenvalue weighted by atomic mass is 79.9. The van der Waals surface area contributed by atoms with Crippen molar-refractivity contribution in [2.75, 3.05) is 11.1 Å². The lowest BCUT2D eigenvalue weighted by Gasteiger charge is -2.13. The highest BCUT2D eigenvalue weighted by molar-refractivity contribution is 9.10. The molecule has 0 spiro atoms. The van der Waals surface area contributed by atoms with Crippen LogP contribution in [-0.4, -0.2) is 16.6 Å². The Kier molecular flexibility index (Phi) is 7.50. The minimum absolute atomic E-state index is 0.118. The van der Waals surface area contributed by atoms with Crippen LogP contribution in [0.5, 0.6) is 0 Å². The fourth-order valence-electron chi connectivity index (χ4n) is 3.84. The first-order chi connectivity index (χ1) is 18.1. The van der Waals surface area contributed by atoms with Crippen molar-refractivity contribution < 1.29 is 9.21 Å². The number of rotatable bonds is 7. The van der Waals surface area contributed by atoms with Gasteiger partial charge in [-0.2, -0.15) is 5.26 Å². The molecule has 0 saturated carbocycles. The maximum Gasteiger partial charge on any atom is 0.234 e. The van der Waals surface area contributed by atoms with Gasteiger partial charge in [0.15, 0.2) is 0 Å². The number of carbonyl (C=O) groups excluding carboxylic acids is 1. The molecule has 180 valence electrons. The number of carbonyl (C=O) groups is 1. The van der Waals surface area contributed by atoms with E-state index in [4.69, 9.17) is 9.40 Å². The van der Waals surface area contributed by atoms with Crippen molar-refractivity contribution in [1.82, 2.24) is 4.98 Å². The molecular weight excluding hydrogens is 546 g/mol. The summed E-state index contributed by atoms with van der Waals surface area (Å²) in [5.74, 6) is 0.722. The van der Waals surface area contributed by atoms with E-state index < -0.39 is 0 Å². The highest BCUT2D eigenvalue weighted by Crippen LogP contribution is 2.35. The zero-order valence-electron chi connectivity index (χ0n) is 19.5. The van der Waals surface area contributed by atoms with Gasteiger partial charge in [0.25, 0.3) is 0 Å². The second-order valence-corrected chi connectivity index (χ2v) is 9.99. The van der Waals surface area contributed by atoms with Crippen LogP contribution in [-0.2, 0) is 4.79 Å². The van der Waals surface area contributed by atoms with Crippen LogP contribution in [0.15, 0.2) is 117 Å². The molecule has 5 rings (SSSR count). The average molecular weight is 566 g/mol. The Bertz CT molecular complexity index is 1560.